The predicted molar refractivity (Wildman–Crippen MR) is 84.8 cm³/mol. The number of likely N-dealkylation sites (N-methyl/N-ethyl adjacent to an activating group) is 1. The first-order chi connectivity index (χ1) is 10.3. The number of ether oxygens (including phenoxy) is 1. The minimum absolute atomic E-state index is 0.336. The van der Waals surface area contributed by atoms with Crippen molar-refractivity contribution in [3.63, 3.8) is 0 Å². The van der Waals surface area contributed by atoms with E-state index in [0.29, 0.717) is 6.04 Å². The Morgan fingerprint density at radius 2 is 1.86 bits per heavy atom. The maximum atomic E-state index is 5.53. The lowest BCUT2D eigenvalue weighted by Crippen LogP contribution is -2.46. The minimum atomic E-state index is 0.336. The van der Waals surface area contributed by atoms with Gasteiger partial charge in [0.15, 0.2) is 0 Å². The number of piperazine rings is 1. The standard InChI is InChI=1S/C17H21N3O/c1-19-11-12-20(14-7-9-18-10-8-14)13-16(19)15-5-3-4-6-17(15)21-2/h3-10,16H,11-13H2,1-2H3/t16-/m1/s1. The van der Waals surface area contributed by atoms with E-state index in [4.69, 9.17) is 4.74 Å². The monoisotopic (exact) mass is 283 g/mol. The third kappa shape index (κ3) is 2.85. The first-order valence-corrected chi connectivity index (χ1v) is 7.27. The third-order valence-electron chi connectivity index (χ3n) is 4.17. The Balaban J connectivity index is 1.87. The highest BCUT2D eigenvalue weighted by molar-refractivity contribution is 5.47. The lowest BCUT2D eigenvalue weighted by atomic mass is 10.0. The average molecular weight is 283 g/mol. The first kappa shape index (κ1) is 13.9. The molecule has 0 bridgehead atoms. The molecule has 1 aromatic carbocycles. The Kier molecular flexibility index (Phi) is 4.06. The van der Waals surface area contributed by atoms with Crippen LogP contribution in [0.5, 0.6) is 5.75 Å². The van der Waals surface area contributed by atoms with Gasteiger partial charge in [0.1, 0.15) is 5.75 Å². The molecule has 1 aliphatic rings. The van der Waals surface area contributed by atoms with Crippen LogP contribution in [0.4, 0.5) is 5.69 Å². The maximum Gasteiger partial charge on any atom is 0.123 e. The van der Waals surface area contributed by atoms with E-state index >= 15 is 0 Å². The lowest BCUT2D eigenvalue weighted by Gasteiger charge is -2.41. The summed E-state index contributed by atoms with van der Waals surface area (Å²) < 4.78 is 5.53. The second kappa shape index (κ2) is 6.14. The van der Waals surface area contributed by atoms with Crippen molar-refractivity contribution < 1.29 is 4.74 Å². The molecule has 0 radical (unpaired) electrons. The summed E-state index contributed by atoms with van der Waals surface area (Å²) in [6.07, 6.45) is 3.71. The number of nitrogens with zero attached hydrogens (tertiary/aromatic N) is 3. The smallest absolute Gasteiger partial charge is 0.123 e. The molecule has 1 aromatic heterocycles. The summed E-state index contributed by atoms with van der Waals surface area (Å²) in [5.74, 6) is 0.964. The van der Waals surface area contributed by atoms with Gasteiger partial charge in [-0.05, 0) is 25.2 Å². The fourth-order valence-corrected chi connectivity index (χ4v) is 2.94. The molecule has 1 fully saturated rings. The summed E-state index contributed by atoms with van der Waals surface area (Å²) in [4.78, 5) is 8.92. The summed E-state index contributed by atoms with van der Waals surface area (Å²) in [7, 11) is 3.92. The topological polar surface area (TPSA) is 28.6 Å². The molecule has 4 nitrogen and oxygen atoms in total. The Bertz CT molecular complexity index is 588. The summed E-state index contributed by atoms with van der Waals surface area (Å²) in [6, 6.07) is 12.8. The Morgan fingerprint density at radius 3 is 2.62 bits per heavy atom. The zero-order valence-corrected chi connectivity index (χ0v) is 12.6. The number of benzene rings is 1. The number of hydrogen-bond acceptors (Lipinski definition) is 4. The van der Waals surface area contributed by atoms with Crippen LogP contribution in [-0.2, 0) is 0 Å². The SMILES string of the molecule is COc1ccccc1[C@H]1CN(c2ccncc2)CCN1C. The maximum absolute atomic E-state index is 5.53. The Hall–Kier alpha value is -2.07. The Labute approximate surface area is 126 Å². The third-order valence-corrected chi connectivity index (χ3v) is 4.17. The van der Waals surface area contributed by atoms with Gasteiger partial charge in [0.2, 0.25) is 0 Å². The van der Waals surface area contributed by atoms with Crippen LogP contribution in [0.1, 0.15) is 11.6 Å². The zero-order chi connectivity index (χ0) is 14.7. The molecule has 21 heavy (non-hydrogen) atoms. The van der Waals surface area contributed by atoms with Crippen molar-refractivity contribution in [2.24, 2.45) is 0 Å². The van der Waals surface area contributed by atoms with Crippen LogP contribution in [0.2, 0.25) is 0 Å². The van der Waals surface area contributed by atoms with Gasteiger partial charge in [0.05, 0.1) is 13.2 Å². The molecule has 0 saturated carbocycles. The summed E-state index contributed by atoms with van der Waals surface area (Å²) in [6.45, 7) is 3.03. The van der Waals surface area contributed by atoms with Gasteiger partial charge in [-0.2, -0.15) is 0 Å². The molecular formula is C17H21N3O. The van der Waals surface area contributed by atoms with Crippen molar-refractivity contribution in [3.05, 3.63) is 54.4 Å². The highest BCUT2D eigenvalue weighted by Gasteiger charge is 2.27. The normalized spacial score (nSPS) is 19.5. The molecule has 110 valence electrons. The molecule has 0 N–H and O–H groups in total. The summed E-state index contributed by atoms with van der Waals surface area (Å²) in [5.41, 5.74) is 2.49. The van der Waals surface area contributed by atoms with Gasteiger partial charge in [0.25, 0.3) is 0 Å². The molecular weight excluding hydrogens is 262 g/mol. The zero-order valence-electron chi connectivity index (χ0n) is 12.6. The van der Waals surface area contributed by atoms with E-state index < -0.39 is 0 Å². The van der Waals surface area contributed by atoms with Crippen LogP contribution in [-0.4, -0.2) is 43.7 Å². The van der Waals surface area contributed by atoms with Gasteiger partial charge < -0.3 is 9.64 Å². The fraction of sp³-hybridized carbons (Fsp3) is 0.353. The highest BCUT2D eigenvalue weighted by Crippen LogP contribution is 2.32. The number of para-hydroxylation sites is 1. The lowest BCUT2D eigenvalue weighted by molar-refractivity contribution is 0.216. The summed E-state index contributed by atoms with van der Waals surface area (Å²) in [5, 5.41) is 0. The molecule has 0 aliphatic carbocycles. The van der Waals surface area contributed by atoms with Gasteiger partial charge in [-0.15, -0.1) is 0 Å². The van der Waals surface area contributed by atoms with Crippen molar-refractivity contribution in [3.8, 4) is 5.75 Å². The number of methoxy groups -OCH3 is 1. The molecule has 0 spiro atoms. The van der Waals surface area contributed by atoms with E-state index in [1.807, 2.05) is 24.5 Å². The molecule has 1 saturated heterocycles. The molecule has 2 heterocycles. The number of rotatable bonds is 3. The summed E-state index contributed by atoms with van der Waals surface area (Å²) >= 11 is 0. The highest BCUT2D eigenvalue weighted by atomic mass is 16.5. The second-order valence-corrected chi connectivity index (χ2v) is 5.39. The average Bonchev–Trinajstić information content (AvgIpc) is 2.56. The number of pyridine rings is 1. The molecule has 0 amide bonds. The molecule has 2 aromatic rings. The van der Waals surface area contributed by atoms with Crippen LogP contribution in [0.3, 0.4) is 0 Å². The van der Waals surface area contributed by atoms with Crippen molar-refractivity contribution >= 4 is 5.69 Å². The molecule has 0 unspecified atom stereocenters. The van der Waals surface area contributed by atoms with E-state index in [2.05, 4.69) is 46.1 Å². The van der Waals surface area contributed by atoms with Gasteiger partial charge >= 0.3 is 0 Å². The van der Waals surface area contributed by atoms with E-state index in [1.54, 1.807) is 7.11 Å². The van der Waals surface area contributed by atoms with Crippen molar-refractivity contribution in [1.82, 2.24) is 9.88 Å². The van der Waals surface area contributed by atoms with Crippen LogP contribution in [0, 0.1) is 0 Å². The van der Waals surface area contributed by atoms with Crippen molar-refractivity contribution in [1.29, 1.82) is 0 Å². The van der Waals surface area contributed by atoms with Crippen LogP contribution in [0.25, 0.3) is 0 Å². The van der Waals surface area contributed by atoms with Crippen LogP contribution < -0.4 is 9.64 Å². The predicted octanol–water partition coefficient (Wildman–Crippen LogP) is 2.58. The van der Waals surface area contributed by atoms with Gasteiger partial charge in [-0.1, -0.05) is 18.2 Å². The largest absolute Gasteiger partial charge is 0.496 e. The van der Waals surface area contributed by atoms with Crippen LogP contribution in [0.15, 0.2) is 48.8 Å². The second-order valence-electron chi connectivity index (χ2n) is 5.39. The van der Waals surface area contributed by atoms with Crippen molar-refractivity contribution in [2.75, 3.05) is 38.7 Å². The van der Waals surface area contributed by atoms with Gasteiger partial charge in [0, 0.05) is 43.3 Å². The number of aromatic nitrogens is 1. The quantitative estimate of drug-likeness (QED) is 0.865. The first-order valence-electron chi connectivity index (χ1n) is 7.27. The molecule has 1 aliphatic heterocycles. The number of anilines is 1. The van der Waals surface area contributed by atoms with E-state index in [0.717, 1.165) is 25.4 Å². The fourth-order valence-electron chi connectivity index (χ4n) is 2.94. The van der Waals surface area contributed by atoms with Crippen molar-refractivity contribution in [2.45, 2.75) is 6.04 Å². The molecule has 4 heteroatoms. The van der Waals surface area contributed by atoms with E-state index in [9.17, 15) is 0 Å². The van der Waals surface area contributed by atoms with E-state index in [-0.39, 0.29) is 0 Å². The minimum Gasteiger partial charge on any atom is -0.496 e. The number of hydrogen-bond donors (Lipinski definition) is 0. The van der Waals surface area contributed by atoms with Gasteiger partial charge in [-0.3, -0.25) is 9.88 Å². The van der Waals surface area contributed by atoms with Gasteiger partial charge in [-0.25, -0.2) is 0 Å². The van der Waals surface area contributed by atoms with Crippen LogP contribution >= 0.6 is 0 Å². The molecule has 3 rings (SSSR count). The Morgan fingerprint density at radius 1 is 1.10 bits per heavy atom. The molecule has 1 atom stereocenters. The van der Waals surface area contributed by atoms with E-state index in [1.165, 1.54) is 11.3 Å².